The number of carbonyl (C=O) groups excluding carboxylic acids is 1. The average molecular weight is 559 g/mol. The van der Waals surface area contributed by atoms with E-state index in [1.54, 1.807) is 21.3 Å². The van der Waals surface area contributed by atoms with Crippen LogP contribution in [0.1, 0.15) is 73.0 Å². The molecule has 3 aromatic carbocycles. The summed E-state index contributed by atoms with van der Waals surface area (Å²) in [7, 11) is 4.97. The Morgan fingerprint density at radius 2 is 1.61 bits per heavy atom. The molecule has 1 N–H and O–H groups in total. The Bertz CT molecular complexity index is 1390. The predicted molar refractivity (Wildman–Crippen MR) is 160 cm³/mol. The molecule has 3 atom stereocenters. The SMILES string of the molecule is COc1ccc(CC2c3cc(OC(C)C)c(OC)cc3CCN2CC(=O)NC2CC(C)c3ccccc32)cc1OC. The predicted octanol–water partition coefficient (Wildman–Crippen LogP) is 6.01. The molecule has 0 radical (unpaired) electrons. The molecule has 3 aromatic rings. The molecular weight excluding hydrogens is 516 g/mol. The van der Waals surface area contributed by atoms with Gasteiger partial charge in [-0.05, 0) is 91.1 Å². The summed E-state index contributed by atoms with van der Waals surface area (Å²) < 4.78 is 22.9. The molecule has 5 rings (SSSR count). The molecule has 1 aliphatic carbocycles. The number of hydrogen-bond donors (Lipinski definition) is 1. The van der Waals surface area contributed by atoms with Gasteiger partial charge in [0, 0.05) is 12.6 Å². The quantitative estimate of drug-likeness (QED) is 0.329. The van der Waals surface area contributed by atoms with E-state index >= 15 is 0 Å². The van der Waals surface area contributed by atoms with Crippen LogP contribution in [-0.4, -0.2) is 51.3 Å². The summed E-state index contributed by atoms with van der Waals surface area (Å²) in [6, 6.07) is 18.7. The monoisotopic (exact) mass is 558 g/mol. The van der Waals surface area contributed by atoms with Crippen LogP contribution in [0.15, 0.2) is 54.6 Å². The first-order valence-corrected chi connectivity index (χ1v) is 14.5. The van der Waals surface area contributed by atoms with Crippen molar-refractivity contribution in [3.8, 4) is 23.0 Å². The number of nitrogens with one attached hydrogen (secondary N) is 1. The van der Waals surface area contributed by atoms with E-state index in [1.165, 1.54) is 16.7 Å². The number of fused-ring (bicyclic) bond motifs is 2. The molecule has 0 bridgehead atoms. The Morgan fingerprint density at radius 3 is 2.32 bits per heavy atom. The fourth-order valence-electron chi connectivity index (χ4n) is 6.37. The van der Waals surface area contributed by atoms with Gasteiger partial charge in [-0.25, -0.2) is 0 Å². The summed E-state index contributed by atoms with van der Waals surface area (Å²) in [5.74, 6) is 3.33. The van der Waals surface area contributed by atoms with E-state index in [2.05, 4.69) is 59.6 Å². The first-order chi connectivity index (χ1) is 19.8. The Morgan fingerprint density at radius 1 is 0.902 bits per heavy atom. The van der Waals surface area contributed by atoms with E-state index < -0.39 is 0 Å². The van der Waals surface area contributed by atoms with Gasteiger partial charge in [-0.3, -0.25) is 9.69 Å². The van der Waals surface area contributed by atoms with E-state index in [0.717, 1.165) is 42.0 Å². The summed E-state index contributed by atoms with van der Waals surface area (Å²) in [4.78, 5) is 15.9. The zero-order valence-electron chi connectivity index (χ0n) is 25.0. The Kier molecular flexibility index (Phi) is 8.74. The Hall–Kier alpha value is -3.71. The van der Waals surface area contributed by atoms with Crippen molar-refractivity contribution in [3.05, 3.63) is 82.4 Å². The van der Waals surface area contributed by atoms with Crippen molar-refractivity contribution >= 4 is 5.91 Å². The molecule has 7 heteroatoms. The lowest BCUT2D eigenvalue weighted by molar-refractivity contribution is -0.123. The summed E-state index contributed by atoms with van der Waals surface area (Å²) >= 11 is 0. The fraction of sp³-hybridized carbons (Fsp3) is 0.441. The lowest BCUT2D eigenvalue weighted by Crippen LogP contribution is -2.44. The molecule has 218 valence electrons. The highest BCUT2D eigenvalue weighted by Crippen LogP contribution is 2.42. The molecule has 1 amide bonds. The molecular formula is C34H42N2O5. The number of benzene rings is 3. The molecule has 0 saturated heterocycles. The maximum Gasteiger partial charge on any atom is 0.234 e. The lowest BCUT2D eigenvalue weighted by atomic mass is 9.88. The van der Waals surface area contributed by atoms with Crippen molar-refractivity contribution < 1.29 is 23.7 Å². The van der Waals surface area contributed by atoms with Crippen molar-refractivity contribution in [2.75, 3.05) is 34.4 Å². The minimum atomic E-state index is -0.0298. The molecule has 7 nitrogen and oxygen atoms in total. The number of rotatable bonds is 10. The topological polar surface area (TPSA) is 69.3 Å². The molecule has 0 saturated carbocycles. The Balaban J connectivity index is 1.44. The van der Waals surface area contributed by atoms with Gasteiger partial charge in [0.05, 0.1) is 40.0 Å². The third-order valence-electron chi connectivity index (χ3n) is 8.31. The van der Waals surface area contributed by atoms with Crippen molar-refractivity contribution in [1.82, 2.24) is 10.2 Å². The molecule has 3 unspecified atom stereocenters. The molecule has 0 spiro atoms. The normalized spacial score (nSPS) is 19.8. The van der Waals surface area contributed by atoms with E-state index in [-0.39, 0.29) is 24.1 Å². The van der Waals surface area contributed by atoms with Crippen LogP contribution in [0.5, 0.6) is 23.0 Å². The van der Waals surface area contributed by atoms with Gasteiger partial charge < -0.3 is 24.3 Å². The average Bonchev–Trinajstić information content (AvgIpc) is 3.28. The van der Waals surface area contributed by atoms with Crippen molar-refractivity contribution in [2.45, 2.75) is 64.1 Å². The number of amides is 1. The molecule has 41 heavy (non-hydrogen) atoms. The fourth-order valence-corrected chi connectivity index (χ4v) is 6.37. The minimum absolute atomic E-state index is 0.00778. The second-order valence-corrected chi connectivity index (χ2v) is 11.4. The van der Waals surface area contributed by atoms with Crippen LogP contribution >= 0.6 is 0 Å². The van der Waals surface area contributed by atoms with Crippen molar-refractivity contribution in [3.63, 3.8) is 0 Å². The maximum atomic E-state index is 13.6. The van der Waals surface area contributed by atoms with Gasteiger partial charge in [-0.2, -0.15) is 0 Å². The zero-order valence-corrected chi connectivity index (χ0v) is 25.0. The van der Waals surface area contributed by atoms with E-state index in [1.807, 2.05) is 26.0 Å². The van der Waals surface area contributed by atoms with Crippen LogP contribution in [0.25, 0.3) is 0 Å². The number of ether oxygens (including phenoxy) is 4. The largest absolute Gasteiger partial charge is 0.493 e. The van der Waals surface area contributed by atoms with Crippen LogP contribution in [0.3, 0.4) is 0 Å². The summed E-state index contributed by atoms with van der Waals surface area (Å²) in [5, 5.41) is 3.35. The highest BCUT2D eigenvalue weighted by Gasteiger charge is 2.33. The number of hydrogen-bond acceptors (Lipinski definition) is 6. The van der Waals surface area contributed by atoms with Crippen LogP contribution in [0.2, 0.25) is 0 Å². The zero-order chi connectivity index (χ0) is 29.1. The number of methoxy groups -OCH3 is 3. The summed E-state index contributed by atoms with van der Waals surface area (Å²) in [6.45, 7) is 7.34. The van der Waals surface area contributed by atoms with Crippen LogP contribution in [0.4, 0.5) is 0 Å². The van der Waals surface area contributed by atoms with E-state index in [4.69, 9.17) is 18.9 Å². The number of nitrogens with zero attached hydrogens (tertiary/aromatic N) is 1. The highest BCUT2D eigenvalue weighted by atomic mass is 16.5. The van der Waals surface area contributed by atoms with Gasteiger partial charge in [0.2, 0.25) is 5.91 Å². The maximum absolute atomic E-state index is 13.6. The molecule has 0 fully saturated rings. The van der Waals surface area contributed by atoms with E-state index in [9.17, 15) is 4.79 Å². The third kappa shape index (κ3) is 6.15. The van der Waals surface area contributed by atoms with Crippen LogP contribution in [0, 0.1) is 0 Å². The van der Waals surface area contributed by atoms with Gasteiger partial charge in [0.1, 0.15) is 0 Å². The van der Waals surface area contributed by atoms with Crippen LogP contribution < -0.4 is 24.3 Å². The second kappa shape index (κ2) is 12.4. The second-order valence-electron chi connectivity index (χ2n) is 11.4. The minimum Gasteiger partial charge on any atom is -0.493 e. The van der Waals surface area contributed by atoms with Crippen molar-refractivity contribution in [2.24, 2.45) is 0 Å². The van der Waals surface area contributed by atoms with E-state index in [0.29, 0.717) is 30.4 Å². The standard InChI is InChI=1S/C34H42N2O5/c1-21(2)41-33-19-27-24(18-32(33)40-6)13-14-36(29(27)16-23-11-12-30(38-4)31(17-23)39-5)20-34(37)35-28-15-22(3)25-9-7-8-10-26(25)28/h7-12,17-19,21-22,28-29H,13-16,20H2,1-6H3,(H,35,37). The number of carbonyl (C=O) groups is 1. The van der Waals surface area contributed by atoms with Crippen molar-refractivity contribution in [1.29, 1.82) is 0 Å². The molecule has 1 aliphatic heterocycles. The molecule has 0 aromatic heterocycles. The Labute approximate surface area is 243 Å². The first-order valence-electron chi connectivity index (χ1n) is 14.5. The van der Waals surface area contributed by atoms with Gasteiger partial charge in [0.15, 0.2) is 23.0 Å². The first kappa shape index (κ1) is 28.8. The van der Waals surface area contributed by atoms with Gasteiger partial charge >= 0.3 is 0 Å². The highest BCUT2D eigenvalue weighted by molar-refractivity contribution is 5.79. The summed E-state index contributed by atoms with van der Waals surface area (Å²) in [6.07, 6.45) is 2.47. The lowest BCUT2D eigenvalue weighted by Gasteiger charge is -2.38. The third-order valence-corrected chi connectivity index (χ3v) is 8.31. The molecule has 1 heterocycles. The summed E-state index contributed by atoms with van der Waals surface area (Å²) in [5.41, 5.74) is 6.06. The van der Waals surface area contributed by atoms with Crippen LogP contribution in [-0.2, 0) is 17.6 Å². The van der Waals surface area contributed by atoms with Gasteiger partial charge in [0.25, 0.3) is 0 Å². The smallest absolute Gasteiger partial charge is 0.234 e. The van der Waals surface area contributed by atoms with Gasteiger partial charge in [-0.1, -0.05) is 37.3 Å². The molecule has 2 aliphatic rings. The van der Waals surface area contributed by atoms with Gasteiger partial charge in [-0.15, -0.1) is 0 Å².